The van der Waals surface area contributed by atoms with Crippen LogP contribution in [0.2, 0.25) is 0 Å². The molecule has 25 heavy (non-hydrogen) atoms. The maximum atomic E-state index is 13.4. The molecule has 0 aliphatic heterocycles. The summed E-state index contributed by atoms with van der Waals surface area (Å²) in [6.07, 6.45) is 1.49. The Morgan fingerprint density at radius 3 is 2.36 bits per heavy atom. The fourth-order valence-electron chi connectivity index (χ4n) is 3.63. The lowest BCUT2D eigenvalue weighted by Crippen LogP contribution is -2.28. The largest absolute Gasteiger partial charge is 0.481 e. The molecule has 3 aromatic rings. The molecule has 0 saturated heterocycles. The molecule has 2 aromatic carbocycles. The molecule has 1 N–H and O–H groups in total. The van der Waals surface area contributed by atoms with E-state index in [-0.39, 0.29) is 17.7 Å². The van der Waals surface area contributed by atoms with E-state index in [0.717, 1.165) is 23.4 Å². The second kappa shape index (κ2) is 6.08. The summed E-state index contributed by atoms with van der Waals surface area (Å²) in [7, 11) is 0. The van der Waals surface area contributed by atoms with Crippen LogP contribution in [-0.2, 0) is 29.5 Å². The Labute approximate surface area is 148 Å². The minimum absolute atomic E-state index is 0.0804. The van der Waals surface area contributed by atoms with Crippen LogP contribution in [0.1, 0.15) is 27.4 Å². The number of carboxylic acids is 1. The van der Waals surface area contributed by atoms with Crippen molar-refractivity contribution < 1.29 is 14.3 Å². The van der Waals surface area contributed by atoms with Gasteiger partial charge in [-0.05, 0) is 41.7 Å². The Hall–Kier alpha value is -2.53. The summed E-state index contributed by atoms with van der Waals surface area (Å²) in [4.78, 5) is 15.6. The Morgan fingerprint density at radius 1 is 1.12 bits per heavy atom. The second-order valence-corrected chi connectivity index (χ2v) is 7.28. The number of hydrogen-bond acceptors (Lipinski definition) is 3. The molecule has 4 rings (SSSR count). The van der Waals surface area contributed by atoms with Gasteiger partial charge in [0.05, 0.1) is 17.5 Å². The standard InChI is InChI=1S/C20H16FNO2S/c21-16-7-5-15(6-8-16)20(10-13-3-1-2-4-14(13)11-20)19-22-17(12-25-19)9-18(23)24/h1-8,12H,9-11H2,(H,23,24). The van der Waals surface area contributed by atoms with Crippen molar-refractivity contribution in [1.82, 2.24) is 4.98 Å². The molecule has 0 atom stereocenters. The smallest absolute Gasteiger partial charge is 0.309 e. The summed E-state index contributed by atoms with van der Waals surface area (Å²) >= 11 is 1.49. The number of carboxylic acid groups (broad SMARTS) is 1. The van der Waals surface area contributed by atoms with Gasteiger partial charge in [-0.2, -0.15) is 0 Å². The highest BCUT2D eigenvalue weighted by Gasteiger charge is 2.42. The third-order valence-electron chi connectivity index (χ3n) is 4.79. The lowest BCUT2D eigenvalue weighted by Gasteiger charge is -2.27. The van der Waals surface area contributed by atoms with E-state index in [1.165, 1.54) is 34.6 Å². The summed E-state index contributed by atoms with van der Waals surface area (Å²) in [5.74, 6) is -1.15. The van der Waals surface area contributed by atoms with E-state index < -0.39 is 5.97 Å². The van der Waals surface area contributed by atoms with Gasteiger partial charge in [-0.3, -0.25) is 4.79 Å². The first-order valence-corrected chi connectivity index (χ1v) is 8.94. The highest BCUT2D eigenvalue weighted by molar-refractivity contribution is 7.09. The third kappa shape index (κ3) is 2.85. The first kappa shape index (κ1) is 16.0. The van der Waals surface area contributed by atoms with Gasteiger partial charge in [-0.25, -0.2) is 9.37 Å². The van der Waals surface area contributed by atoms with Gasteiger partial charge < -0.3 is 5.11 Å². The van der Waals surface area contributed by atoms with Crippen molar-refractivity contribution in [2.45, 2.75) is 24.7 Å². The van der Waals surface area contributed by atoms with Gasteiger partial charge in [0.15, 0.2) is 0 Å². The van der Waals surface area contributed by atoms with Crippen molar-refractivity contribution in [2.75, 3.05) is 0 Å². The van der Waals surface area contributed by atoms with Crippen molar-refractivity contribution in [3.05, 3.63) is 87.1 Å². The Kier molecular flexibility index (Phi) is 3.88. The fourth-order valence-corrected chi connectivity index (χ4v) is 4.67. The van der Waals surface area contributed by atoms with E-state index in [1.54, 1.807) is 0 Å². The van der Waals surface area contributed by atoms with Gasteiger partial charge in [-0.1, -0.05) is 36.4 Å². The van der Waals surface area contributed by atoms with Gasteiger partial charge >= 0.3 is 5.97 Å². The second-order valence-electron chi connectivity index (χ2n) is 6.43. The van der Waals surface area contributed by atoms with Gasteiger partial charge in [0.25, 0.3) is 0 Å². The average molecular weight is 353 g/mol. The van der Waals surface area contributed by atoms with Crippen LogP contribution in [0.3, 0.4) is 0 Å². The monoisotopic (exact) mass is 353 g/mol. The van der Waals surface area contributed by atoms with Crippen molar-refractivity contribution >= 4 is 17.3 Å². The van der Waals surface area contributed by atoms with Crippen LogP contribution >= 0.6 is 11.3 Å². The summed E-state index contributed by atoms with van der Waals surface area (Å²) < 4.78 is 13.4. The number of aromatic nitrogens is 1. The van der Waals surface area contributed by atoms with E-state index in [0.29, 0.717) is 5.69 Å². The molecule has 5 heteroatoms. The van der Waals surface area contributed by atoms with E-state index in [1.807, 2.05) is 29.6 Å². The lowest BCUT2D eigenvalue weighted by molar-refractivity contribution is -0.136. The molecule has 0 spiro atoms. The number of rotatable bonds is 4. The van der Waals surface area contributed by atoms with E-state index >= 15 is 0 Å². The van der Waals surface area contributed by atoms with Crippen molar-refractivity contribution in [1.29, 1.82) is 0 Å². The zero-order chi connectivity index (χ0) is 17.4. The number of hydrogen-bond donors (Lipinski definition) is 1. The number of nitrogens with zero attached hydrogens (tertiary/aromatic N) is 1. The SMILES string of the molecule is O=C(O)Cc1csc(C2(c3ccc(F)cc3)Cc3ccccc3C2)n1. The van der Waals surface area contributed by atoms with Gasteiger partial charge in [0.1, 0.15) is 10.8 Å². The molecule has 0 fully saturated rings. The Bertz CT molecular complexity index is 908. The van der Waals surface area contributed by atoms with Crippen LogP contribution in [0.5, 0.6) is 0 Å². The highest BCUT2D eigenvalue weighted by atomic mass is 32.1. The first-order chi connectivity index (χ1) is 12.1. The average Bonchev–Trinajstić information content (AvgIpc) is 3.19. The minimum atomic E-state index is -0.887. The predicted octanol–water partition coefficient (Wildman–Crippen LogP) is 3.99. The molecular weight excluding hydrogens is 337 g/mol. The fraction of sp³-hybridized carbons (Fsp3) is 0.200. The predicted molar refractivity (Wildman–Crippen MR) is 94.5 cm³/mol. The molecule has 1 aliphatic rings. The molecule has 3 nitrogen and oxygen atoms in total. The van der Waals surface area contributed by atoms with Crippen LogP contribution in [0.15, 0.2) is 53.9 Å². The number of thiazole rings is 1. The molecule has 1 aromatic heterocycles. The van der Waals surface area contributed by atoms with Crippen LogP contribution in [0.4, 0.5) is 4.39 Å². The summed E-state index contributed by atoms with van der Waals surface area (Å²) in [6, 6.07) is 14.9. The van der Waals surface area contributed by atoms with Crippen molar-refractivity contribution in [3.63, 3.8) is 0 Å². The minimum Gasteiger partial charge on any atom is -0.481 e. The summed E-state index contributed by atoms with van der Waals surface area (Å²) in [5, 5.41) is 11.7. The van der Waals surface area contributed by atoms with Crippen molar-refractivity contribution in [2.24, 2.45) is 0 Å². The van der Waals surface area contributed by atoms with E-state index in [2.05, 4.69) is 17.1 Å². The quantitative estimate of drug-likeness (QED) is 0.771. The Balaban J connectivity index is 1.81. The first-order valence-electron chi connectivity index (χ1n) is 8.06. The molecule has 0 amide bonds. The molecule has 126 valence electrons. The summed E-state index contributed by atoms with van der Waals surface area (Å²) in [6.45, 7) is 0. The van der Waals surface area contributed by atoms with Crippen molar-refractivity contribution in [3.8, 4) is 0 Å². The maximum Gasteiger partial charge on any atom is 0.309 e. The molecule has 1 heterocycles. The maximum absolute atomic E-state index is 13.4. The van der Waals surface area contributed by atoms with E-state index in [9.17, 15) is 9.18 Å². The van der Waals surface area contributed by atoms with Gasteiger partial charge in [0, 0.05) is 5.38 Å². The van der Waals surface area contributed by atoms with Crippen LogP contribution in [0, 0.1) is 5.82 Å². The molecule has 1 aliphatic carbocycles. The zero-order valence-electron chi connectivity index (χ0n) is 13.4. The lowest BCUT2D eigenvalue weighted by atomic mass is 9.78. The number of fused-ring (bicyclic) bond motifs is 1. The third-order valence-corrected chi connectivity index (χ3v) is 5.89. The topological polar surface area (TPSA) is 50.2 Å². The number of halogens is 1. The van der Waals surface area contributed by atoms with E-state index in [4.69, 9.17) is 5.11 Å². The molecule has 0 unspecified atom stereocenters. The van der Waals surface area contributed by atoms with Gasteiger partial charge in [-0.15, -0.1) is 11.3 Å². The molecule has 0 saturated carbocycles. The number of benzene rings is 2. The van der Waals surface area contributed by atoms with Gasteiger partial charge in [0.2, 0.25) is 0 Å². The zero-order valence-corrected chi connectivity index (χ0v) is 14.2. The Morgan fingerprint density at radius 2 is 1.76 bits per heavy atom. The normalized spacial score (nSPS) is 15.1. The molecule has 0 bridgehead atoms. The van der Waals surface area contributed by atoms with Crippen LogP contribution in [-0.4, -0.2) is 16.1 Å². The summed E-state index contributed by atoms with van der Waals surface area (Å²) in [5.41, 5.74) is 3.76. The molecule has 0 radical (unpaired) electrons. The number of carbonyl (C=O) groups is 1. The van der Waals surface area contributed by atoms with Crippen LogP contribution < -0.4 is 0 Å². The molecular formula is C20H16FNO2S. The van der Waals surface area contributed by atoms with Crippen LogP contribution in [0.25, 0.3) is 0 Å². The number of aliphatic carboxylic acids is 1. The highest BCUT2D eigenvalue weighted by Crippen LogP contribution is 2.45.